The molecule has 1 unspecified atom stereocenters. The lowest BCUT2D eigenvalue weighted by Crippen LogP contribution is -2.35. The Morgan fingerprint density at radius 2 is 2.33 bits per heavy atom. The number of carboxylic acid groups (broad SMARTS) is 1. The summed E-state index contributed by atoms with van der Waals surface area (Å²) in [6, 6.07) is 1.21. The Hall–Kier alpha value is -1.82. The van der Waals surface area contributed by atoms with Crippen LogP contribution >= 0.6 is 0 Å². The Bertz CT molecular complexity index is 459. The normalized spacial score (nSPS) is 22.9. The van der Waals surface area contributed by atoms with E-state index in [9.17, 15) is 9.59 Å². The van der Waals surface area contributed by atoms with Crippen LogP contribution in [-0.2, 0) is 4.74 Å². The number of furan rings is 1. The Morgan fingerprint density at radius 3 is 2.89 bits per heavy atom. The van der Waals surface area contributed by atoms with Crippen molar-refractivity contribution in [3.05, 3.63) is 23.7 Å². The molecule has 6 heteroatoms. The maximum absolute atomic E-state index is 11.7. The van der Waals surface area contributed by atoms with E-state index < -0.39 is 11.9 Å². The molecule has 98 valence electrons. The maximum atomic E-state index is 11.7. The van der Waals surface area contributed by atoms with Gasteiger partial charge in [0.2, 0.25) is 0 Å². The zero-order valence-corrected chi connectivity index (χ0v) is 10.1. The molecule has 0 bridgehead atoms. The molecule has 1 saturated heterocycles. The highest BCUT2D eigenvalue weighted by atomic mass is 16.5. The molecule has 18 heavy (non-hydrogen) atoms. The fourth-order valence-electron chi connectivity index (χ4n) is 1.80. The SMILES string of the molecule is CC1(CNC(=O)c2cc(C(=O)O)co2)CCOC1. The smallest absolute Gasteiger partial charge is 0.338 e. The van der Waals surface area contributed by atoms with Gasteiger partial charge in [-0.05, 0) is 6.42 Å². The summed E-state index contributed by atoms with van der Waals surface area (Å²) in [5.41, 5.74) is -0.0895. The molecule has 6 nitrogen and oxygen atoms in total. The third kappa shape index (κ3) is 2.70. The Morgan fingerprint density at radius 1 is 1.56 bits per heavy atom. The number of ether oxygens (including phenoxy) is 1. The zero-order valence-electron chi connectivity index (χ0n) is 10.1. The standard InChI is InChI=1S/C12H15NO5/c1-12(2-3-17-7-12)6-13-10(14)9-4-8(5-18-9)11(15)16/h4-5H,2-3,6-7H2,1H3,(H,13,14)(H,15,16). The average molecular weight is 253 g/mol. The molecule has 0 saturated carbocycles. The number of hydrogen-bond donors (Lipinski definition) is 2. The molecule has 0 spiro atoms. The second kappa shape index (κ2) is 4.81. The quantitative estimate of drug-likeness (QED) is 0.839. The topological polar surface area (TPSA) is 88.8 Å². The predicted octanol–water partition coefficient (Wildman–Crippen LogP) is 1.13. The first-order chi connectivity index (χ1) is 8.50. The van der Waals surface area contributed by atoms with Gasteiger partial charge in [0.1, 0.15) is 6.26 Å². The van der Waals surface area contributed by atoms with Crippen molar-refractivity contribution in [3.8, 4) is 0 Å². The first kappa shape index (κ1) is 12.6. The summed E-state index contributed by atoms with van der Waals surface area (Å²) in [7, 11) is 0. The summed E-state index contributed by atoms with van der Waals surface area (Å²) in [5, 5.41) is 11.4. The lowest BCUT2D eigenvalue weighted by Gasteiger charge is -2.21. The van der Waals surface area contributed by atoms with Gasteiger partial charge in [-0.1, -0.05) is 6.92 Å². The van der Waals surface area contributed by atoms with E-state index in [2.05, 4.69) is 5.32 Å². The molecule has 1 aromatic heterocycles. The molecule has 0 aromatic carbocycles. The molecule has 1 aliphatic rings. The molecular weight excluding hydrogens is 238 g/mol. The van der Waals surface area contributed by atoms with Crippen LogP contribution in [-0.4, -0.2) is 36.7 Å². The second-order valence-corrected chi connectivity index (χ2v) is 4.80. The third-order valence-corrected chi connectivity index (χ3v) is 3.05. The number of aromatic carboxylic acids is 1. The van der Waals surface area contributed by atoms with Crippen LogP contribution in [0.5, 0.6) is 0 Å². The first-order valence-electron chi connectivity index (χ1n) is 5.68. The van der Waals surface area contributed by atoms with Gasteiger partial charge in [-0.2, -0.15) is 0 Å². The van der Waals surface area contributed by atoms with Crippen molar-refractivity contribution < 1.29 is 23.8 Å². The predicted molar refractivity (Wildman–Crippen MR) is 61.5 cm³/mol. The van der Waals surface area contributed by atoms with Crippen molar-refractivity contribution in [2.45, 2.75) is 13.3 Å². The van der Waals surface area contributed by atoms with Crippen molar-refractivity contribution >= 4 is 11.9 Å². The van der Waals surface area contributed by atoms with Gasteiger partial charge in [-0.15, -0.1) is 0 Å². The summed E-state index contributed by atoms with van der Waals surface area (Å²) in [6.45, 7) is 3.84. The summed E-state index contributed by atoms with van der Waals surface area (Å²) >= 11 is 0. The van der Waals surface area contributed by atoms with Crippen LogP contribution in [0.4, 0.5) is 0 Å². The van der Waals surface area contributed by atoms with Gasteiger partial charge in [0.05, 0.1) is 12.2 Å². The Balaban J connectivity index is 1.93. The van der Waals surface area contributed by atoms with Gasteiger partial charge in [-0.25, -0.2) is 4.79 Å². The molecule has 1 aromatic rings. The number of carbonyl (C=O) groups is 2. The minimum absolute atomic E-state index is 0.00918. The Labute approximate surface area is 104 Å². The van der Waals surface area contributed by atoms with Crippen LogP contribution in [0, 0.1) is 5.41 Å². The summed E-state index contributed by atoms with van der Waals surface area (Å²) < 4.78 is 10.2. The first-order valence-corrected chi connectivity index (χ1v) is 5.68. The van der Waals surface area contributed by atoms with Gasteiger partial charge in [0, 0.05) is 24.6 Å². The lowest BCUT2D eigenvalue weighted by atomic mass is 9.90. The van der Waals surface area contributed by atoms with Crippen molar-refractivity contribution in [1.82, 2.24) is 5.32 Å². The highest BCUT2D eigenvalue weighted by molar-refractivity contribution is 5.95. The number of carboxylic acids is 1. The van der Waals surface area contributed by atoms with E-state index in [0.717, 1.165) is 12.7 Å². The molecule has 0 aliphatic carbocycles. The summed E-state index contributed by atoms with van der Waals surface area (Å²) in [4.78, 5) is 22.4. The number of carbonyl (C=O) groups excluding carboxylic acids is 1. The molecule has 1 aliphatic heterocycles. The van der Waals surface area contributed by atoms with Crippen molar-refractivity contribution in [2.75, 3.05) is 19.8 Å². The van der Waals surface area contributed by atoms with Crippen LogP contribution in [0.2, 0.25) is 0 Å². The van der Waals surface area contributed by atoms with E-state index >= 15 is 0 Å². The van der Waals surface area contributed by atoms with Crippen LogP contribution in [0.25, 0.3) is 0 Å². The second-order valence-electron chi connectivity index (χ2n) is 4.80. The van der Waals surface area contributed by atoms with E-state index in [0.29, 0.717) is 19.8 Å². The molecular formula is C12H15NO5. The molecule has 2 rings (SSSR count). The zero-order chi connectivity index (χ0) is 13.2. The molecule has 2 N–H and O–H groups in total. The molecule has 1 fully saturated rings. The average Bonchev–Trinajstić information content (AvgIpc) is 2.95. The van der Waals surface area contributed by atoms with Crippen LogP contribution in [0.15, 0.2) is 16.7 Å². The Kier molecular flexibility index (Phi) is 3.38. The highest BCUT2D eigenvalue weighted by Crippen LogP contribution is 2.26. The molecule has 1 amide bonds. The summed E-state index contributed by atoms with van der Waals surface area (Å²) in [6.07, 6.45) is 1.95. The fourth-order valence-corrected chi connectivity index (χ4v) is 1.80. The fraction of sp³-hybridized carbons (Fsp3) is 0.500. The van der Waals surface area contributed by atoms with Crippen LogP contribution < -0.4 is 5.32 Å². The summed E-state index contributed by atoms with van der Waals surface area (Å²) in [5.74, 6) is -1.51. The van der Waals surface area contributed by atoms with Gasteiger partial charge < -0.3 is 19.6 Å². The number of amides is 1. The monoisotopic (exact) mass is 253 g/mol. The van der Waals surface area contributed by atoms with E-state index in [-0.39, 0.29) is 16.7 Å². The van der Waals surface area contributed by atoms with Crippen molar-refractivity contribution in [3.63, 3.8) is 0 Å². The van der Waals surface area contributed by atoms with Gasteiger partial charge in [-0.3, -0.25) is 4.79 Å². The lowest BCUT2D eigenvalue weighted by molar-refractivity contribution is 0.0695. The van der Waals surface area contributed by atoms with E-state index in [1.165, 1.54) is 6.07 Å². The van der Waals surface area contributed by atoms with Gasteiger partial charge in [0.25, 0.3) is 5.91 Å². The number of nitrogens with one attached hydrogen (secondary N) is 1. The molecule has 1 atom stereocenters. The molecule has 0 radical (unpaired) electrons. The minimum Gasteiger partial charge on any atom is -0.478 e. The number of hydrogen-bond acceptors (Lipinski definition) is 4. The minimum atomic E-state index is -1.12. The van der Waals surface area contributed by atoms with E-state index in [1.807, 2.05) is 6.92 Å². The van der Waals surface area contributed by atoms with Crippen LogP contribution in [0.1, 0.15) is 34.3 Å². The van der Waals surface area contributed by atoms with E-state index in [1.54, 1.807) is 0 Å². The van der Waals surface area contributed by atoms with Crippen molar-refractivity contribution in [2.24, 2.45) is 5.41 Å². The van der Waals surface area contributed by atoms with Crippen molar-refractivity contribution in [1.29, 1.82) is 0 Å². The van der Waals surface area contributed by atoms with Crippen LogP contribution in [0.3, 0.4) is 0 Å². The van der Waals surface area contributed by atoms with Gasteiger partial charge in [0.15, 0.2) is 5.76 Å². The maximum Gasteiger partial charge on any atom is 0.338 e. The largest absolute Gasteiger partial charge is 0.478 e. The van der Waals surface area contributed by atoms with E-state index in [4.69, 9.17) is 14.3 Å². The molecule has 2 heterocycles. The number of rotatable bonds is 4. The highest BCUT2D eigenvalue weighted by Gasteiger charge is 2.30. The third-order valence-electron chi connectivity index (χ3n) is 3.05. The van der Waals surface area contributed by atoms with Gasteiger partial charge >= 0.3 is 5.97 Å².